The molecule has 57 heavy (non-hydrogen) atoms. The predicted octanol–water partition coefficient (Wildman–Crippen LogP) is 10.6. The van der Waals surface area contributed by atoms with Gasteiger partial charge in [-0.05, 0) is 95.8 Å². The van der Waals surface area contributed by atoms with E-state index >= 15 is 0 Å². The summed E-state index contributed by atoms with van der Waals surface area (Å²) < 4.78 is 176. The average molecular weight is 857 g/mol. The third-order valence-corrected chi connectivity index (χ3v) is 9.48. The van der Waals surface area contributed by atoms with Crippen molar-refractivity contribution in [2.75, 3.05) is 12.4 Å². The Morgan fingerprint density at radius 1 is 0.772 bits per heavy atom. The Hall–Kier alpha value is -3.37. The fourth-order valence-corrected chi connectivity index (χ4v) is 6.18. The van der Waals surface area contributed by atoms with Crippen molar-refractivity contribution in [1.29, 1.82) is 0 Å². The molecule has 322 valence electrons. The van der Waals surface area contributed by atoms with Crippen LogP contribution in [0.5, 0.6) is 5.75 Å². The van der Waals surface area contributed by atoms with Crippen molar-refractivity contribution in [2.45, 2.75) is 121 Å². The molecule has 4 N–H and O–H groups in total. The van der Waals surface area contributed by atoms with E-state index in [9.17, 15) is 53.1 Å². The quantitative estimate of drug-likeness (QED) is 0.0351. The maximum atomic E-state index is 14.4. The van der Waals surface area contributed by atoms with Gasteiger partial charge in [0.2, 0.25) is 0 Å². The number of nitrogens with two attached hydrogens (primary N) is 2. The molecule has 0 saturated carbocycles. The molecule has 0 saturated heterocycles. The SMILES string of the molecule is CCCCCc1ccc(-c2cc3ccc(SCC(F)(F)OC(F)(F)OC(F)(F)OC(F)(F)COC(=O)C(C)(C)C(C)(N)CC(C)(C)N)cc3o2)c(OC(F)(F)F)c1. The molecule has 0 aliphatic rings. The van der Waals surface area contributed by atoms with Gasteiger partial charge in [0, 0.05) is 21.4 Å². The normalized spacial score (nSPS) is 14.9. The molecule has 1 unspecified atom stereocenters. The van der Waals surface area contributed by atoms with E-state index in [0.29, 0.717) is 17.4 Å². The summed E-state index contributed by atoms with van der Waals surface area (Å²) in [5.74, 6) is -3.73. The minimum atomic E-state index is -5.98. The van der Waals surface area contributed by atoms with Gasteiger partial charge in [-0.1, -0.05) is 25.8 Å². The molecule has 3 aromatic rings. The second-order valence-electron chi connectivity index (χ2n) is 14.7. The maximum absolute atomic E-state index is 14.4. The van der Waals surface area contributed by atoms with E-state index in [1.807, 2.05) is 6.92 Å². The first-order valence-corrected chi connectivity index (χ1v) is 18.2. The molecule has 1 atom stereocenters. The number of halogens is 11. The lowest BCUT2D eigenvalue weighted by Crippen LogP contribution is -2.59. The van der Waals surface area contributed by atoms with Gasteiger partial charge in [0.15, 0.2) is 6.61 Å². The van der Waals surface area contributed by atoms with Gasteiger partial charge >= 0.3 is 37.1 Å². The molecule has 0 bridgehead atoms. The lowest BCUT2D eigenvalue weighted by atomic mass is 9.68. The van der Waals surface area contributed by atoms with Crippen LogP contribution in [-0.4, -0.2) is 60.6 Å². The summed E-state index contributed by atoms with van der Waals surface area (Å²) in [5.41, 5.74) is 8.36. The fourth-order valence-electron chi connectivity index (χ4n) is 5.43. The van der Waals surface area contributed by atoms with E-state index in [1.165, 1.54) is 51.1 Å². The van der Waals surface area contributed by atoms with Crippen LogP contribution in [0.3, 0.4) is 0 Å². The Kier molecular flexibility index (Phi) is 14.7. The summed E-state index contributed by atoms with van der Waals surface area (Å²) >= 11 is 0.154. The first kappa shape index (κ1) is 48.0. The molecule has 21 heteroatoms. The molecule has 1 heterocycles. The molecule has 9 nitrogen and oxygen atoms in total. The van der Waals surface area contributed by atoms with Crippen LogP contribution in [0.4, 0.5) is 48.3 Å². The Balaban J connectivity index is 1.65. The molecule has 0 spiro atoms. The van der Waals surface area contributed by atoms with E-state index in [2.05, 4.69) is 23.7 Å². The topological polar surface area (TPSA) is 128 Å². The van der Waals surface area contributed by atoms with Gasteiger partial charge in [-0.3, -0.25) is 4.79 Å². The van der Waals surface area contributed by atoms with Gasteiger partial charge in [0.1, 0.15) is 17.1 Å². The average Bonchev–Trinajstić information content (AvgIpc) is 3.42. The number of thioether (sulfide) groups is 1. The molecule has 2 aromatic carbocycles. The molecule has 0 radical (unpaired) electrons. The number of carbonyl (C=O) groups excluding carboxylic acids is 1. The van der Waals surface area contributed by atoms with Crippen LogP contribution in [0.1, 0.15) is 72.8 Å². The lowest BCUT2D eigenvalue weighted by Gasteiger charge is -2.42. The van der Waals surface area contributed by atoms with E-state index < -0.39 is 71.7 Å². The van der Waals surface area contributed by atoms with Crippen molar-refractivity contribution in [3.8, 4) is 17.1 Å². The third kappa shape index (κ3) is 14.8. The number of hydrogen-bond acceptors (Lipinski definition) is 10. The molecular weight excluding hydrogens is 813 g/mol. The van der Waals surface area contributed by atoms with E-state index in [4.69, 9.17) is 15.9 Å². The van der Waals surface area contributed by atoms with Crippen molar-refractivity contribution in [2.24, 2.45) is 16.9 Å². The second kappa shape index (κ2) is 17.5. The maximum Gasteiger partial charge on any atom is 0.573 e. The molecule has 0 amide bonds. The van der Waals surface area contributed by atoms with E-state index in [0.717, 1.165) is 25.3 Å². The van der Waals surface area contributed by atoms with Crippen LogP contribution in [0.2, 0.25) is 0 Å². The highest BCUT2D eigenvalue weighted by atomic mass is 32.2. The van der Waals surface area contributed by atoms with Crippen molar-refractivity contribution >= 4 is 28.7 Å². The number of alkyl halides is 11. The van der Waals surface area contributed by atoms with Crippen molar-refractivity contribution in [1.82, 2.24) is 0 Å². The molecule has 0 aliphatic carbocycles. The van der Waals surface area contributed by atoms with E-state index in [1.54, 1.807) is 19.9 Å². The molecule has 3 rings (SSSR count). The number of esters is 1. The van der Waals surface area contributed by atoms with Gasteiger partial charge in [0.25, 0.3) is 0 Å². The van der Waals surface area contributed by atoms with Crippen molar-refractivity contribution in [3.63, 3.8) is 0 Å². The molecule has 0 aliphatic heterocycles. The number of ether oxygens (including phenoxy) is 5. The highest BCUT2D eigenvalue weighted by Gasteiger charge is 2.57. The number of carbonyl (C=O) groups is 1. The van der Waals surface area contributed by atoms with Crippen molar-refractivity contribution in [3.05, 3.63) is 48.0 Å². The van der Waals surface area contributed by atoms with Crippen molar-refractivity contribution < 1.29 is 81.2 Å². The van der Waals surface area contributed by atoms with Gasteiger partial charge in [-0.2, -0.15) is 17.6 Å². The van der Waals surface area contributed by atoms with Crippen LogP contribution in [0.25, 0.3) is 22.3 Å². The molecule has 0 fully saturated rings. The monoisotopic (exact) mass is 856 g/mol. The van der Waals surface area contributed by atoms with Crippen LogP contribution < -0.4 is 16.2 Å². The number of benzene rings is 2. The van der Waals surface area contributed by atoms with Gasteiger partial charge < -0.3 is 25.4 Å². The highest BCUT2D eigenvalue weighted by Crippen LogP contribution is 2.42. The zero-order valence-electron chi connectivity index (χ0n) is 31.6. The summed E-state index contributed by atoms with van der Waals surface area (Å²) in [6.07, 6.45) is -24.2. The Bertz CT molecular complexity index is 1830. The zero-order chi connectivity index (χ0) is 43.5. The Morgan fingerprint density at radius 3 is 1.96 bits per heavy atom. The fraction of sp³-hybridized carbons (Fsp3) is 0.583. The molecule has 1 aromatic heterocycles. The predicted molar refractivity (Wildman–Crippen MR) is 186 cm³/mol. The smallest absolute Gasteiger partial charge is 0.456 e. The largest absolute Gasteiger partial charge is 0.573 e. The highest BCUT2D eigenvalue weighted by molar-refractivity contribution is 7.99. The number of aryl methyl sites for hydroxylation is 1. The van der Waals surface area contributed by atoms with Crippen LogP contribution in [0.15, 0.2) is 51.8 Å². The Morgan fingerprint density at radius 2 is 1.39 bits per heavy atom. The minimum absolute atomic E-state index is 0.0265. The summed E-state index contributed by atoms with van der Waals surface area (Å²) in [7, 11) is 0. The zero-order valence-corrected chi connectivity index (χ0v) is 32.4. The number of hydrogen-bond donors (Lipinski definition) is 2. The number of furan rings is 1. The first-order valence-electron chi connectivity index (χ1n) is 17.2. The Labute approximate surface area is 324 Å². The molecular formula is C36H43F11N2O7S. The van der Waals surface area contributed by atoms with Gasteiger partial charge in [-0.15, -0.1) is 42.5 Å². The number of fused-ring (bicyclic) bond motifs is 1. The summed E-state index contributed by atoms with van der Waals surface area (Å²) in [6, 6.07) is 9.21. The first-order chi connectivity index (χ1) is 25.7. The number of rotatable bonds is 21. The summed E-state index contributed by atoms with van der Waals surface area (Å²) in [4.78, 5) is 12.5. The van der Waals surface area contributed by atoms with Crippen LogP contribution >= 0.6 is 11.8 Å². The standard InChI is InChI=1S/C36H43F11N2O7S/c1-7-8-9-10-21-11-14-24(27(15-21)53-34(41,42)43)26-16-22-12-13-23(17-25(22)52-26)57-20-33(39,40)55-36(46,47)56-35(44,45)54-32(37,38)19-51-28(50)30(4,5)31(6,49)18-29(2,3)48/h11-17H,7-10,18-20,48-49H2,1-6H3. The van der Waals surface area contributed by atoms with Gasteiger partial charge in [0.05, 0.1) is 16.7 Å². The minimum Gasteiger partial charge on any atom is -0.456 e. The second-order valence-corrected chi connectivity index (χ2v) is 15.8. The third-order valence-electron chi connectivity index (χ3n) is 8.41. The van der Waals surface area contributed by atoms with Crippen LogP contribution in [-0.2, 0) is 30.2 Å². The lowest BCUT2D eigenvalue weighted by molar-refractivity contribution is -0.572. The van der Waals surface area contributed by atoms with Crippen LogP contribution in [0, 0.1) is 5.41 Å². The van der Waals surface area contributed by atoms with Gasteiger partial charge in [-0.25, -0.2) is 14.2 Å². The number of unbranched alkanes of at least 4 members (excludes halogenated alkanes) is 2. The summed E-state index contributed by atoms with van der Waals surface area (Å²) in [6.45, 7) is 6.60. The van der Waals surface area contributed by atoms with E-state index in [-0.39, 0.29) is 40.0 Å². The summed E-state index contributed by atoms with van der Waals surface area (Å²) in [5, 5.41) is 0.299.